The van der Waals surface area contributed by atoms with Crippen LogP contribution in [0.3, 0.4) is 0 Å². The van der Waals surface area contributed by atoms with Crippen LogP contribution in [0.1, 0.15) is 11.9 Å². The molecule has 0 aliphatic carbocycles. The molecule has 1 aliphatic heterocycles. The SMILES string of the molecule is CC(=O)NC[C@H]1CN(c2ccc(-c3csc(Cn4cnnn4)n3)c(F)c2)C(=O)O1. The van der Waals surface area contributed by atoms with Crippen molar-refractivity contribution in [1.82, 2.24) is 30.5 Å². The number of halogens is 1. The summed E-state index contributed by atoms with van der Waals surface area (Å²) >= 11 is 1.38. The van der Waals surface area contributed by atoms with Gasteiger partial charge in [-0.25, -0.2) is 18.9 Å². The van der Waals surface area contributed by atoms with Crippen molar-refractivity contribution in [2.24, 2.45) is 0 Å². The van der Waals surface area contributed by atoms with E-state index in [4.69, 9.17) is 4.74 Å². The Morgan fingerprint density at radius 3 is 3.03 bits per heavy atom. The average Bonchev–Trinajstić information content (AvgIpc) is 3.42. The van der Waals surface area contributed by atoms with Crippen LogP contribution in [0.15, 0.2) is 29.9 Å². The Bertz CT molecular complexity index is 1040. The van der Waals surface area contributed by atoms with Crippen molar-refractivity contribution in [3.05, 3.63) is 40.7 Å². The first-order chi connectivity index (χ1) is 14.0. The van der Waals surface area contributed by atoms with Gasteiger partial charge in [-0.05, 0) is 28.6 Å². The molecule has 1 N–H and O–H groups in total. The Balaban J connectivity index is 1.48. The van der Waals surface area contributed by atoms with Crippen molar-refractivity contribution >= 4 is 29.0 Å². The zero-order chi connectivity index (χ0) is 20.4. The third-order valence-corrected chi connectivity index (χ3v) is 5.07. The van der Waals surface area contributed by atoms with Crippen molar-refractivity contribution < 1.29 is 18.7 Å². The minimum absolute atomic E-state index is 0.209. The number of thiazole rings is 1. The van der Waals surface area contributed by atoms with E-state index >= 15 is 0 Å². The van der Waals surface area contributed by atoms with E-state index in [1.165, 1.54) is 40.2 Å². The molecule has 3 heterocycles. The number of carbonyl (C=O) groups excluding carboxylic acids is 2. The second kappa shape index (κ2) is 7.91. The molecular formula is C17H16FN7O3S. The van der Waals surface area contributed by atoms with Gasteiger partial charge in [0, 0.05) is 17.9 Å². The summed E-state index contributed by atoms with van der Waals surface area (Å²) in [5.74, 6) is -0.711. The molecule has 150 valence electrons. The number of tetrazole rings is 1. The van der Waals surface area contributed by atoms with Gasteiger partial charge in [0.2, 0.25) is 5.91 Å². The molecule has 29 heavy (non-hydrogen) atoms. The predicted octanol–water partition coefficient (Wildman–Crippen LogP) is 1.45. The van der Waals surface area contributed by atoms with Gasteiger partial charge < -0.3 is 10.1 Å². The zero-order valence-electron chi connectivity index (χ0n) is 15.3. The summed E-state index contributed by atoms with van der Waals surface area (Å²) in [6.07, 6.45) is 0.413. The predicted molar refractivity (Wildman–Crippen MR) is 101 cm³/mol. The fourth-order valence-electron chi connectivity index (χ4n) is 2.87. The molecule has 3 aromatic rings. The minimum Gasteiger partial charge on any atom is -0.442 e. The van der Waals surface area contributed by atoms with Crippen LogP contribution in [0, 0.1) is 5.82 Å². The van der Waals surface area contributed by atoms with Gasteiger partial charge in [-0.15, -0.1) is 16.4 Å². The number of rotatable bonds is 6. The molecule has 1 aromatic carbocycles. The highest BCUT2D eigenvalue weighted by atomic mass is 32.1. The van der Waals surface area contributed by atoms with E-state index in [0.717, 1.165) is 5.01 Å². The van der Waals surface area contributed by atoms with Gasteiger partial charge >= 0.3 is 6.09 Å². The molecule has 10 nitrogen and oxygen atoms in total. The number of carbonyl (C=O) groups is 2. The summed E-state index contributed by atoms with van der Waals surface area (Å²) in [4.78, 5) is 28.9. The second-order valence-corrected chi connectivity index (χ2v) is 7.29. The molecule has 2 amide bonds. The lowest BCUT2D eigenvalue weighted by molar-refractivity contribution is -0.119. The number of anilines is 1. The van der Waals surface area contributed by atoms with Crippen molar-refractivity contribution in [2.45, 2.75) is 19.6 Å². The molecule has 4 rings (SSSR count). The van der Waals surface area contributed by atoms with E-state index in [-0.39, 0.29) is 19.0 Å². The maximum atomic E-state index is 14.7. The van der Waals surface area contributed by atoms with Gasteiger partial charge in [0.1, 0.15) is 23.3 Å². The normalized spacial score (nSPS) is 16.1. The maximum Gasteiger partial charge on any atom is 0.414 e. The van der Waals surface area contributed by atoms with Crippen LogP contribution in [-0.4, -0.2) is 56.4 Å². The number of hydrogen-bond acceptors (Lipinski definition) is 8. The first kappa shape index (κ1) is 18.9. The molecule has 12 heteroatoms. The first-order valence-corrected chi connectivity index (χ1v) is 9.55. The van der Waals surface area contributed by atoms with Gasteiger partial charge in [0.15, 0.2) is 0 Å². The Kier molecular flexibility index (Phi) is 5.16. The van der Waals surface area contributed by atoms with Crippen LogP contribution in [0.2, 0.25) is 0 Å². The topological polar surface area (TPSA) is 115 Å². The van der Waals surface area contributed by atoms with Crippen LogP contribution >= 0.6 is 11.3 Å². The number of benzene rings is 1. The van der Waals surface area contributed by atoms with Crippen LogP contribution in [0.25, 0.3) is 11.3 Å². The maximum absolute atomic E-state index is 14.7. The molecule has 1 atom stereocenters. The summed E-state index contributed by atoms with van der Waals surface area (Å²) in [5.41, 5.74) is 1.20. The van der Waals surface area contributed by atoms with Gasteiger partial charge in [0.05, 0.1) is 31.0 Å². The molecule has 0 radical (unpaired) electrons. The lowest BCUT2D eigenvalue weighted by atomic mass is 10.1. The first-order valence-electron chi connectivity index (χ1n) is 8.67. The molecule has 1 fully saturated rings. The number of nitrogens with zero attached hydrogens (tertiary/aromatic N) is 6. The molecule has 0 unspecified atom stereocenters. The number of ether oxygens (including phenoxy) is 1. The number of hydrogen-bond donors (Lipinski definition) is 1. The summed E-state index contributed by atoms with van der Waals surface area (Å²) in [7, 11) is 0. The summed E-state index contributed by atoms with van der Waals surface area (Å²) < 4.78 is 21.5. The average molecular weight is 417 g/mol. The van der Waals surface area contributed by atoms with E-state index in [0.29, 0.717) is 23.5 Å². The second-order valence-electron chi connectivity index (χ2n) is 6.35. The summed E-state index contributed by atoms with van der Waals surface area (Å²) in [5, 5.41) is 16.0. The summed E-state index contributed by atoms with van der Waals surface area (Å²) in [6, 6.07) is 4.49. The minimum atomic E-state index is -0.579. The smallest absolute Gasteiger partial charge is 0.414 e. The zero-order valence-corrected chi connectivity index (χ0v) is 16.1. The van der Waals surface area contributed by atoms with Crippen molar-refractivity contribution in [3.8, 4) is 11.3 Å². The Hall–Kier alpha value is -3.41. The van der Waals surface area contributed by atoms with Gasteiger partial charge in [-0.2, -0.15) is 0 Å². The van der Waals surface area contributed by atoms with Crippen LogP contribution in [0.4, 0.5) is 14.9 Å². The highest BCUT2D eigenvalue weighted by Gasteiger charge is 2.32. The fourth-order valence-corrected chi connectivity index (χ4v) is 3.66. The summed E-state index contributed by atoms with van der Waals surface area (Å²) in [6.45, 7) is 2.22. The molecule has 2 aromatic heterocycles. The number of cyclic esters (lactones) is 1. The molecule has 1 aliphatic rings. The van der Waals surface area contributed by atoms with Crippen LogP contribution in [-0.2, 0) is 16.1 Å². The van der Waals surface area contributed by atoms with E-state index in [2.05, 4.69) is 25.8 Å². The van der Waals surface area contributed by atoms with E-state index in [1.54, 1.807) is 17.5 Å². The molecule has 0 spiro atoms. The van der Waals surface area contributed by atoms with E-state index in [9.17, 15) is 14.0 Å². The van der Waals surface area contributed by atoms with Gasteiger partial charge in [-0.3, -0.25) is 9.69 Å². The Labute approximate surface area is 168 Å². The van der Waals surface area contributed by atoms with Crippen LogP contribution in [0.5, 0.6) is 0 Å². The lowest BCUT2D eigenvalue weighted by Gasteiger charge is -2.14. The standard InChI is InChI=1S/C17H16FN7O3S/c1-10(26)19-5-12-6-25(17(27)28-12)11-2-3-13(14(18)4-11)15-8-29-16(21-15)7-24-9-20-22-23-24/h2-4,8-9,12H,5-7H2,1H3,(H,19,26)/t12-/m0/s1. The molecule has 0 saturated carbocycles. The Morgan fingerprint density at radius 1 is 1.45 bits per heavy atom. The van der Waals surface area contributed by atoms with E-state index < -0.39 is 18.0 Å². The molecule has 0 bridgehead atoms. The van der Waals surface area contributed by atoms with Crippen molar-refractivity contribution in [3.63, 3.8) is 0 Å². The van der Waals surface area contributed by atoms with Crippen molar-refractivity contribution in [2.75, 3.05) is 18.0 Å². The largest absolute Gasteiger partial charge is 0.442 e. The third-order valence-electron chi connectivity index (χ3n) is 4.23. The van der Waals surface area contributed by atoms with Crippen LogP contribution < -0.4 is 10.2 Å². The highest BCUT2D eigenvalue weighted by molar-refractivity contribution is 7.09. The monoisotopic (exact) mass is 417 g/mol. The lowest BCUT2D eigenvalue weighted by Crippen LogP contribution is -2.33. The number of aromatic nitrogens is 5. The Morgan fingerprint density at radius 2 is 2.31 bits per heavy atom. The number of nitrogens with one attached hydrogen (secondary N) is 1. The third kappa shape index (κ3) is 4.21. The van der Waals surface area contributed by atoms with Gasteiger partial charge in [-0.1, -0.05) is 0 Å². The molecular weight excluding hydrogens is 401 g/mol. The van der Waals surface area contributed by atoms with Crippen molar-refractivity contribution in [1.29, 1.82) is 0 Å². The molecule has 1 saturated heterocycles. The highest BCUT2D eigenvalue weighted by Crippen LogP contribution is 2.30. The fraction of sp³-hybridized carbons (Fsp3) is 0.294. The number of amides is 2. The quantitative estimate of drug-likeness (QED) is 0.645. The van der Waals surface area contributed by atoms with E-state index in [1.807, 2.05) is 0 Å². The van der Waals surface area contributed by atoms with Gasteiger partial charge in [0.25, 0.3) is 0 Å².